The summed E-state index contributed by atoms with van der Waals surface area (Å²) in [5.74, 6) is -0.389. The Bertz CT molecular complexity index is 869. The molecule has 26 heavy (non-hydrogen) atoms. The Balaban J connectivity index is 1.59. The molecule has 0 bridgehead atoms. The van der Waals surface area contributed by atoms with Gasteiger partial charge in [0.05, 0.1) is 6.33 Å². The third kappa shape index (κ3) is 4.50. The molecule has 0 radical (unpaired) electrons. The van der Waals surface area contributed by atoms with Crippen LogP contribution in [0.15, 0.2) is 49.2 Å². The van der Waals surface area contributed by atoms with Crippen LogP contribution >= 0.6 is 0 Å². The van der Waals surface area contributed by atoms with Crippen molar-refractivity contribution in [2.75, 3.05) is 6.54 Å². The van der Waals surface area contributed by atoms with Gasteiger partial charge in [-0.2, -0.15) is 0 Å². The number of nitrogens with one attached hydrogen (secondary N) is 3. The molecule has 0 aliphatic heterocycles. The Hall–Kier alpha value is -3.09. The number of aryl methyl sites for hydroxylation is 1. The average molecular weight is 353 g/mol. The molecule has 2 amide bonds. The molecule has 2 aromatic heterocycles. The number of nitrogens with zero attached hydrogens (tertiary/aromatic N) is 2. The predicted octanol–water partition coefficient (Wildman–Crippen LogP) is 1.62. The lowest BCUT2D eigenvalue weighted by Gasteiger charge is -2.17. The molecular weight excluding hydrogens is 330 g/mol. The van der Waals surface area contributed by atoms with E-state index in [1.54, 1.807) is 12.5 Å². The van der Waals surface area contributed by atoms with E-state index in [4.69, 9.17) is 0 Å². The van der Waals surface area contributed by atoms with E-state index in [1.165, 1.54) is 6.92 Å². The normalized spacial score (nSPS) is 12.0. The van der Waals surface area contributed by atoms with Gasteiger partial charge in [-0.25, -0.2) is 4.98 Å². The third-order valence-corrected chi connectivity index (χ3v) is 4.24. The van der Waals surface area contributed by atoms with E-state index in [2.05, 4.69) is 20.6 Å². The second-order valence-corrected chi connectivity index (χ2v) is 6.26. The van der Waals surface area contributed by atoms with E-state index in [0.29, 0.717) is 13.0 Å². The quantitative estimate of drug-likeness (QED) is 0.537. The van der Waals surface area contributed by atoms with Gasteiger partial charge < -0.3 is 20.2 Å². The summed E-state index contributed by atoms with van der Waals surface area (Å²) >= 11 is 0. The van der Waals surface area contributed by atoms with Crippen LogP contribution in [-0.2, 0) is 22.6 Å². The number of imidazole rings is 1. The monoisotopic (exact) mass is 353 g/mol. The topological polar surface area (TPSA) is 91.8 Å². The molecule has 3 aromatic rings. The maximum absolute atomic E-state index is 12.5. The van der Waals surface area contributed by atoms with Crippen LogP contribution in [0.2, 0.25) is 0 Å². The van der Waals surface area contributed by atoms with Crippen molar-refractivity contribution in [1.29, 1.82) is 0 Å². The summed E-state index contributed by atoms with van der Waals surface area (Å²) in [6.07, 6.45) is 8.50. The van der Waals surface area contributed by atoms with Crippen molar-refractivity contribution in [1.82, 2.24) is 25.2 Å². The van der Waals surface area contributed by atoms with Crippen molar-refractivity contribution in [3.63, 3.8) is 0 Å². The van der Waals surface area contributed by atoms with Crippen molar-refractivity contribution >= 4 is 22.7 Å². The summed E-state index contributed by atoms with van der Waals surface area (Å²) in [5, 5.41) is 6.74. The zero-order chi connectivity index (χ0) is 18.4. The minimum absolute atomic E-state index is 0.170. The Labute approximate surface area is 151 Å². The lowest BCUT2D eigenvalue weighted by atomic mass is 10.0. The van der Waals surface area contributed by atoms with Gasteiger partial charge >= 0.3 is 0 Å². The van der Waals surface area contributed by atoms with Gasteiger partial charge in [-0.3, -0.25) is 9.59 Å². The van der Waals surface area contributed by atoms with Gasteiger partial charge in [0.25, 0.3) is 0 Å². The van der Waals surface area contributed by atoms with E-state index >= 15 is 0 Å². The first-order chi connectivity index (χ1) is 12.6. The third-order valence-electron chi connectivity index (χ3n) is 4.24. The zero-order valence-corrected chi connectivity index (χ0v) is 14.7. The van der Waals surface area contributed by atoms with E-state index in [1.807, 2.05) is 41.2 Å². The van der Waals surface area contributed by atoms with E-state index in [9.17, 15) is 9.59 Å². The highest BCUT2D eigenvalue weighted by Crippen LogP contribution is 2.19. The molecule has 0 saturated carbocycles. The predicted molar refractivity (Wildman–Crippen MR) is 99.5 cm³/mol. The van der Waals surface area contributed by atoms with Crippen molar-refractivity contribution < 1.29 is 9.59 Å². The van der Waals surface area contributed by atoms with Gasteiger partial charge in [-0.1, -0.05) is 18.2 Å². The molecule has 136 valence electrons. The smallest absolute Gasteiger partial charge is 0.242 e. The van der Waals surface area contributed by atoms with Crippen LogP contribution in [0.5, 0.6) is 0 Å². The lowest BCUT2D eigenvalue weighted by molar-refractivity contribution is -0.128. The van der Waals surface area contributed by atoms with Gasteiger partial charge in [0.15, 0.2) is 0 Å². The molecule has 0 fully saturated rings. The van der Waals surface area contributed by atoms with E-state index < -0.39 is 6.04 Å². The van der Waals surface area contributed by atoms with Gasteiger partial charge in [-0.15, -0.1) is 0 Å². The Morgan fingerprint density at radius 3 is 2.92 bits per heavy atom. The summed E-state index contributed by atoms with van der Waals surface area (Å²) in [4.78, 5) is 31.3. The van der Waals surface area contributed by atoms with Gasteiger partial charge in [-0.05, 0) is 18.1 Å². The highest BCUT2D eigenvalue weighted by atomic mass is 16.2. The van der Waals surface area contributed by atoms with Crippen molar-refractivity contribution in [3.05, 3.63) is 54.7 Å². The first-order valence-corrected chi connectivity index (χ1v) is 8.69. The molecule has 1 unspecified atom stereocenters. The number of carbonyl (C=O) groups is 2. The maximum atomic E-state index is 12.5. The molecule has 7 heteroatoms. The highest BCUT2D eigenvalue weighted by molar-refractivity contribution is 5.89. The maximum Gasteiger partial charge on any atom is 0.242 e. The van der Waals surface area contributed by atoms with Crippen molar-refractivity contribution in [3.8, 4) is 0 Å². The van der Waals surface area contributed by atoms with Crippen molar-refractivity contribution in [2.24, 2.45) is 0 Å². The molecule has 0 aliphatic rings. The molecule has 0 aliphatic carbocycles. The van der Waals surface area contributed by atoms with E-state index in [-0.39, 0.29) is 11.8 Å². The molecule has 0 spiro atoms. The summed E-state index contributed by atoms with van der Waals surface area (Å²) in [7, 11) is 0. The summed E-state index contributed by atoms with van der Waals surface area (Å²) < 4.78 is 1.96. The fourth-order valence-corrected chi connectivity index (χ4v) is 2.99. The number of amides is 2. The number of aromatic amines is 1. The Morgan fingerprint density at radius 2 is 2.15 bits per heavy atom. The number of para-hydroxylation sites is 1. The average Bonchev–Trinajstić information content (AvgIpc) is 3.28. The number of aromatic nitrogens is 3. The molecule has 7 nitrogen and oxygen atoms in total. The minimum Gasteiger partial charge on any atom is -0.361 e. The SMILES string of the molecule is CC(=O)NC(Cc1c[nH]c2ccccc12)C(=O)NCCCn1ccnc1. The second-order valence-electron chi connectivity index (χ2n) is 6.26. The van der Waals surface area contributed by atoms with Crippen LogP contribution in [0.1, 0.15) is 18.9 Å². The molecule has 3 N–H and O–H groups in total. The van der Waals surface area contributed by atoms with E-state index in [0.717, 1.165) is 29.4 Å². The van der Waals surface area contributed by atoms with Crippen LogP contribution in [0.3, 0.4) is 0 Å². The number of benzene rings is 1. The minimum atomic E-state index is -0.597. The molecule has 2 heterocycles. The molecule has 1 atom stereocenters. The Morgan fingerprint density at radius 1 is 1.31 bits per heavy atom. The van der Waals surface area contributed by atoms with Crippen LogP contribution in [-0.4, -0.2) is 38.9 Å². The number of H-pyrrole nitrogens is 1. The van der Waals surface area contributed by atoms with Gasteiger partial charge in [0.2, 0.25) is 11.8 Å². The highest BCUT2D eigenvalue weighted by Gasteiger charge is 2.21. The largest absolute Gasteiger partial charge is 0.361 e. The first kappa shape index (κ1) is 17.7. The fourth-order valence-electron chi connectivity index (χ4n) is 2.99. The standard InChI is InChI=1S/C19H23N5O2/c1-14(25)23-18(11-15-12-22-17-6-3-2-5-16(15)17)19(26)21-7-4-9-24-10-8-20-13-24/h2-3,5-6,8,10,12-13,18,22H,4,7,9,11H2,1H3,(H,21,26)(H,23,25). The van der Waals surface area contributed by atoms with Crippen LogP contribution < -0.4 is 10.6 Å². The number of hydrogen-bond donors (Lipinski definition) is 3. The van der Waals surface area contributed by atoms with Crippen LogP contribution in [0.25, 0.3) is 10.9 Å². The lowest BCUT2D eigenvalue weighted by Crippen LogP contribution is -2.47. The summed E-state index contributed by atoms with van der Waals surface area (Å²) in [6.45, 7) is 2.75. The van der Waals surface area contributed by atoms with Gasteiger partial charge in [0.1, 0.15) is 6.04 Å². The van der Waals surface area contributed by atoms with Gasteiger partial charge in [0, 0.05) is 55.9 Å². The number of rotatable bonds is 8. The summed E-state index contributed by atoms with van der Waals surface area (Å²) in [5.41, 5.74) is 2.03. The zero-order valence-electron chi connectivity index (χ0n) is 14.7. The number of carbonyl (C=O) groups excluding carboxylic acids is 2. The number of hydrogen-bond acceptors (Lipinski definition) is 3. The Kier molecular flexibility index (Phi) is 5.68. The first-order valence-electron chi connectivity index (χ1n) is 8.69. The fraction of sp³-hybridized carbons (Fsp3) is 0.316. The van der Waals surface area contributed by atoms with Crippen LogP contribution in [0.4, 0.5) is 0 Å². The molecule has 1 aromatic carbocycles. The van der Waals surface area contributed by atoms with Crippen molar-refractivity contribution in [2.45, 2.75) is 32.4 Å². The molecule has 0 saturated heterocycles. The number of fused-ring (bicyclic) bond motifs is 1. The molecular formula is C19H23N5O2. The summed E-state index contributed by atoms with van der Waals surface area (Å²) in [6, 6.07) is 7.32. The van der Waals surface area contributed by atoms with Crippen LogP contribution in [0, 0.1) is 0 Å². The molecule has 3 rings (SSSR count). The second kappa shape index (κ2) is 8.33.